The highest BCUT2D eigenvalue weighted by Crippen LogP contribution is 2.38. The fourth-order valence-corrected chi connectivity index (χ4v) is 5.74. The van der Waals surface area contributed by atoms with Crippen LogP contribution in [0.5, 0.6) is 5.75 Å². The molecule has 182 valence electrons. The van der Waals surface area contributed by atoms with Gasteiger partial charge in [-0.2, -0.15) is 0 Å². The minimum atomic E-state index is -0.342. The molecule has 0 radical (unpaired) electrons. The summed E-state index contributed by atoms with van der Waals surface area (Å²) in [6.07, 6.45) is 9.68. The van der Waals surface area contributed by atoms with Crippen LogP contribution in [0.1, 0.15) is 63.4 Å². The topological polar surface area (TPSA) is 61.9 Å². The molecular weight excluding hydrogens is 414 g/mol. The average molecular weight is 456 g/mol. The Morgan fingerprint density at radius 1 is 1.06 bits per heavy atom. The molecule has 0 saturated carbocycles. The summed E-state index contributed by atoms with van der Waals surface area (Å²) in [5, 5.41) is 3.15. The number of nitrogens with one attached hydrogen (secondary N) is 1. The number of rotatable bonds is 2. The van der Waals surface area contributed by atoms with E-state index in [2.05, 4.69) is 29.4 Å². The van der Waals surface area contributed by atoms with Crippen molar-refractivity contribution < 1.29 is 14.3 Å². The first-order valence-electron chi connectivity index (χ1n) is 13.0. The molecule has 0 aliphatic carbocycles. The van der Waals surface area contributed by atoms with Crippen molar-refractivity contribution in [3.05, 3.63) is 29.8 Å². The van der Waals surface area contributed by atoms with Crippen molar-refractivity contribution in [3.8, 4) is 5.75 Å². The van der Waals surface area contributed by atoms with Crippen molar-refractivity contribution in [3.63, 3.8) is 0 Å². The predicted octanol–water partition coefficient (Wildman–Crippen LogP) is 3.64. The van der Waals surface area contributed by atoms with Crippen LogP contribution in [-0.2, 0) is 16.0 Å². The molecule has 4 rings (SSSR count). The zero-order valence-corrected chi connectivity index (χ0v) is 20.3. The smallest absolute Gasteiger partial charge is 0.226 e. The van der Waals surface area contributed by atoms with Gasteiger partial charge >= 0.3 is 0 Å². The Labute approximate surface area is 199 Å². The Morgan fingerprint density at radius 2 is 1.82 bits per heavy atom. The third kappa shape index (κ3) is 6.28. The SMILES string of the molecule is CN1CCC(CC(=O)N2CCC3(CCCCCc4ccccc4OCCNC3=O)CC2)CC1. The van der Waals surface area contributed by atoms with Gasteiger partial charge in [0, 0.05) is 19.5 Å². The van der Waals surface area contributed by atoms with Crippen LogP contribution in [0.25, 0.3) is 0 Å². The number of likely N-dealkylation sites (tertiary alicyclic amines) is 2. The van der Waals surface area contributed by atoms with Gasteiger partial charge in [-0.3, -0.25) is 9.59 Å². The summed E-state index contributed by atoms with van der Waals surface area (Å²) in [5.41, 5.74) is 0.917. The van der Waals surface area contributed by atoms with Crippen LogP contribution >= 0.6 is 0 Å². The van der Waals surface area contributed by atoms with E-state index in [0.29, 0.717) is 38.6 Å². The number of piperidine rings is 2. The number of aryl methyl sites for hydroxylation is 1. The van der Waals surface area contributed by atoms with E-state index in [1.165, 1.54) is 5.56 Å². The maximum absolute atomic E-state index is 13.3. The van der Waals surface area contributed by atoms with E-state index in [1.54, 1.807) is 0 Å². The van der Waals surface area contributed by atoms with E-state index in [4.69, 9.17) is 4.74 Å². The lowest BCUT2D eigenvalue weighted by atomic mass is 9.73. The van der Waals surface area contributed by atoms with Crippen molar-refractivity contribution >= 4 is 11.8 Å². The van der Waals surface area contributed by atoms with Crippen molar-refractivity contribution in [2.45, 2.75) is 64.2 Å². The average Bonchev–Trinajstić information content (AvgIpc) is 2.84. The quantitative estimate of drug-likeness (QED) is 0.740. The van der Waals surface area contributed by atoms with Crippen molar-refractivity contribution in [1.82, 2.24) is 15.1 Å². The molecule has 1 N–H and O–H groups in total. The van der Waals surface area contributed by atoms with Gasteiger partial charge < -0.3 is 19.9 Å². The number of carbonyl (C=O) groups excluding carboxylic acids is 2. The second-order valence-corrected chi connectivity index (χ2v) is 10.4. The summed E-state index contributed by atoms with van der Waals surface area (Å²) in [5.74, 6) is 1.90. The van der Waals surface area contributed by atoms with Crippen molar-refractivity contribution in [2.75, 3.05) is 46.4 Å². The number of para-hydroxylation sites is 1. The van der Waals surface area contributed by atoms with E-state index >= 15 is 0 Å². The van der Waals surface area contributed by atoms with Gasteiger partial charge in [0.05, 0.1) is 12.0 Å². The molecule has 3 aliphatic rings. The van der Waals surface area contributed by atoms with Crippen LogP contribution in [0.15, 0.2) is 24.3 Å². The van der Waals surface area contributed by atoms with Crippen LogP contribution in [-0.4, -0.2) is 68.0 Å². The summed E-state index contributed by atoms with van der Waals surface area (Å²) in [7, 11) is 2.16. The van der Waals surface area contributed by atoms with E-state index in [1.807, 2.05) is 17.0 Å². The third-order valence-corrected chi connectivity index (χ3v) is 8.08. The Hall–Kier alpha value is -2.08. The lowest BCUT2D eigenvalue weighted by molar-refractivity contribution is -0.141. The highest BCUT2D eigenvalue weighted by molar-refractivity contribution is 5.83. The van der Waals surface area contributed by atoms with Gasteiger partial charge in [0.15, 0.2) is 0 Å². The van der Waals surface area contributed by atoms with Gasteiger partial charge in [-0.1, -0.05) is 31.0 Å². The molecule has 2 fully saturated rings. The molecule has 0 atom stereocenters. The first-order chi connectivity index (χ1) is 16.1. The van der Waals surface area contributed by atoms with Crippen LogP contribution in [0.3, 0.4) is 0 Å². The molecule has 2 amide bonds. The van der Waals surface area contributed by atoms with Gasteiger partial charge in [0.25, 0.3) is 0 Å². The highest BCUT2D eigenvalue weighted by atomic mass is 16.5. The monoisotopic (exact) mass is 455 g/mol. The van der Waals surface area contributed by atoms with E-state index < -0.39 is 0 Å². The lowest BCUT2D eigenvalue weighted by Gasteiger charge is -2.41. The van der Waals surface area contributed by atoms with Gasteiger partial charge in [0.2, 0.25) is 11.8 Å². The van der Waals surface area contributed by atoms with Gasteiger partial charge in [-0.05, 0) is 82.6 Å². The number of carbonyl (C=O) groups is 2. The minimum absolute atomic E-state index is 0.154. The number of fused-ring (bicyclic) bond motifs is 1. The largest absolute Gasteiger partial charge is 0.491 e. The van der Waals surface area contributed by atoms with Gasteiger partial charge in [0.1, 0.15) is 12.4 Å². The number of amides is 2. The second-order valence-electron chi connectivity index (χ2n) is 10.4. The van der Waals surface area contributed by atoms with Crippen LogP contribution in [0.2, 0.25) is 0 Å². The summed E-state index contributed by atoms with van der Waals surface area (Å²) in [4.78, 5) is 30.6. The zero-order chi connectivity index (χ0) is 23.1. The molecule has 3 aliphatic heterocycles. The molecule has 1 spiro atoms. The molecule has 6 nitrogen and oxygen atoms in total. The lowest BCUT2D eigenvalue weighted by Crippen LogP contribution is -2.51. The van der Waals surface area contributed by atoms with Gasteiger partial charge in [-0.15, -0.1) is 0 Å². The normalized spacial score (nSPS) is 23.4. The Morgan fingerprint density at radius 3 is 2.61 bits per heavy atom. The first-order valence-corrected chi connectivity index (χ1v) is 13.0. The molecule has 1 aromatic carbocycles. The Balaban J connectivity index is 1.32. The zero-order valence-electron chi connectivity index (χ0n) is 20.3. The molecule has 0 bridgehead atoms. The van der Waals surface area contributed by atoms with Gasteiger partial charge in [-0.25, -0.2) is 0 Å². The molecule has 33 heavy (non-hydrogen) atoms. The fourth-order valence-electron chi connectivity index (χ4n) is 5.74. The number of nitrogens with zero attached hydrogens (tertiary/aromatic N) is 2. The van der Waals surface area contributed by atoms with E-state index in [9.17, 15) is 9.59 Å². The standard InChI is InChI=1S/C27H41N3O3/c1-29-16-10-22(11-17-29)21-25(31)30-18-13-27(14-19-30)12-6-2-3-7-23-8-4-5-9-24(23)33-20-15-28-26(27)32/h4-5,8-9,22H,2-3,6-7,10-21H2,1H3,(H,28,32). The predicted molar refractivity (Wildman–Crippen MR) is 130 cm³/mol. The number of ether oxygens (including phenoxy) is 1. The Kier molecular flexibility index (Phi) is 8.29. The first kappa shape index (κ1) is 24.1. The number of hydrogen-bond acceptors (Lipinski definition) is 4. The summed E-state index contributed by atoms with van der Waals surface area (Å²) < 4.78 is 5.98. The number of benzene rings is 1. The molecule has 0 aromatic heterocycles. The van der Waals surface area contributed by atoms with Crippen LogP contribution in [0.4, 0.5) is 0 Å². The minimum Gasteiger partial charge on any atom is -0.491 e. The fraction of sp³-hybridized carbons (Fsp3) is 0.704. The summed E-state index contributed by atoms with van der Waals surface area (Å²) in [6, 6.07) is 8.25. The van der Waals surface area contributed by atoms with Crippen molar-refractivity contribution in [1.29, 1.82) is 0 Å². The van der Waals surface area contributed by atoms with Crippen LogP contribution < -0.4 is 10.1 Å². The molecule has 2 saturated heterocycles. The highest BCUT2D eigenvalue weighted by Gasteiger charge is 2.41. The third-order valence-electron chi connectivity index (χ3n) is 8.08. The maximum Gasteiger partial charge on any atom is 0.226 e. The molecule has 6 heteroatoms. The molecule has 3 heterocycles. The summed E-state index contributed by atoms with van der Waals surface area (Å²) in [6.45, 7) is 4.61. The second kappa shape index (κ2) is 11.4. The molecule has 1 aromatic rings. The van der Waals surface area contributed by atoms with E-state index in [-0.39, 0.29) is 17.2 Å². The van der Waals surface area contributed by atoms with Crippen LogP contribution in [0, 0.1) is 11.3 Å². The Bertz CT molecular complexity index is 796. The van der Waals surface area contributed by atoms with Crippen molar-refractivity contribution in [2.24, 2.45) is 11.3 Å². The maximum atomic E-state index is 13.3. The molecule has 0 unspecified atom stereocenters. The summed E-state index contributed by atoms with van der Waals surface area (Å²) >= 11 is 0. The molecular formula is C27H41N3O3. The number of hydrogen-bond donors (Lipinski definition) is 1. The van der Waals surface area contributed by atoms with E-state index in [0.717, 1.165) is 76.6 Å².